The summed E-state index contributed by atoms with van der Waals surface area (Å²) in [5.41, 5.74) is 0.938. The van der Waals surface area contributed by atoms with Gasteiger partial charge in [0.25, 0.3) is 5.56 Å². The highest BCUT2D eigenvalue weighted by atomic mass is 16.6. The van der Waals surface area contributed by atoms with E-state index in [9.17, 15) is 29.4 Å². The minimum Gasteiger partial charge on any atom is -0.462 e. The van der Waals surface area contributed by atoms with Crippen molar-refractivity contribution >= 4 is 23.0 Å². The number of hydrogen-bond acceptors (Lipinski definition) is 10. The van der Waals surface area contributed by atoms with Crippen LogP contribution in [0.2, 0.25) is 0 Å². The maximum absolute atomic E-state index is 12.5. The van der Waals surface area contributed by atoms with E-state index in [0.717, 1.165) is 11.1 Å². The number of nitrogens with one attached hydrogen (secondary N) is 1. The Morgan fingerprint density at radius 3 is 2.35 bits per heavy atom. The lowest BCUT2D eigenvalue weighted by atomic mass is 10.1. The smallest absolute Gasteiger partial charge is 0.349 e. The molecule has 0 radical (unpaired) electrons. The third-order valence-corrected chi connectivity index (χ3v) is 5.97. The molecule has 0 unspecified atom stereocenters. The summed E-state index contributed by atoms with van der Waals surface area (Å²) in [5, 5.41) is 22.0. The van der Waals surface area contributed by atoms with Crippen LogP contribution in [0.4, 0.5) is 0 Å². The first-order chi connectivity index (χ1) is 17.5. The van der Waals surface area contributed by atoms with Crippen molar-refractivity contribution in [1.29, 1.82) is 0 Å². The largest absolute Gasteiger partial charge is 0.462 e. The maximum atomic E-state index is 12.5. The number of benzene rings is 1. The fraction of sp³-hybridized carbons (Fsp3) is 0.520. The van der Waals surface area contributed by atoms with Gasteiger partial charge in [0.2, 0.25) is 0 Å². The Morgan fingerprint density at radius 1 is 1.03 bits per heavy atom. The first-order valence-electron chi connectivity index (χ1n) is 12.2. The van der Waals surface area contributed by atoms with Gasteiger partial charge in [-0.05, 0) is 49.9 Å². The quantitative estimate of drug-likeness (QED) is 0.246. The summed E-state index contributed by atoms with van der Waals surface area (Å²) in [6, 6.07) is 3.53. The summed E-state index contributed by atoms with van der Waals surface area (Å²) in [5.74, 6) is -1.23. The van der Waals surface area contributed by atoms with Crippen molar-refractivity contribution in [3.8, 4) is 11.5 Å². The summed E-state index contributed by atoms with van der Waals surface area (Å²) in [7, 11) is 0. The standard InChI is InChI=1S/C25H32N4O8/c1-5-7-19(31)36-12-18(37-20(32)8-6-2)22(33)17(30)11-29-16-10-14(4)13(3)9-15(16)26-21-23(29)27-25(35)28-24(21)34/h9-10,17-18,22,30,33H,5-8,11-12H2,1-4H3,(H,28,34,35)/t17-,18+,22-/m1/s1. The van der Waals surface area contributed by atoms with Gasteiger partial charge in [-0.15, -0.1) is 0 Å². The van der Waals surface area contributed by atoms with E-state index >= 15 is 0 Å². The second kappa shape index (κ2) is 12.1. The molecular weight excluding hydrogens is 484 g/mol. The summed E-state index contributed by atoms with van der Waals surface area (Å²) in [4.78, 5) is 58.8. The van der Waals surface area contributed by atoms with Crippen LogP contribution in [0.5, 0.6) is 0 Å². The molecule has 0 bridgehead atoms. The molecule has 0 amide bonds. The molecule has 12 heteroatoms. The van der Waals surface area contributed by atoms with E-state index in [2.05, 4.69) is 15.0 Å². The highest BCUT2D eigenvalue weighted by molar-refractivity contribution is 5.81. The molecule has 0 saturated heterocycles. The fourth-order valence-corrected chi connectivity index (χ4v) is 3.86. The normalized spacial score (nSPS) is 13.9. The topological polar surface area (TPSA) is 174 Å². The molecule has 3 rings (SSSR count). The van der Waals surface area contributed by atoms with Gasteiger partial charge in [-0.1, -0.05) is 13.8 Å². The van der Waals surface area contributed by atoms with Gasteiger partial charge < -0.3 is 24.3 Å². The summed E-state index contributed by atoms with van der Waals surface area (Å²) in [6.45, 7) is 6.54. The molecule has 2 heterocycles. The van der Waals surface area contributed by atoms with Crippen molar-refractivity contribution in [1.82, 2.24) is 19.5 Å². The Hall–Kier alpha value is -3.64. The van der Waals surface area contributed by atoms with E-state index in [0.29, 0.717) is 23.9 Å². The lowest BCUT2D eigenvalue weighted by Crippen LogP contribution is -2.45. The number of rotatable bonds is 11. The number of carbonyl (C=O) groups is 2. The van der Waals surface area contributed by atoms with Crippen LogP contribution in [0.25, 0.3) is 22.6 Å². The molecule has 1 aromatic rings. The Morgan fingerprint density at radius 2 is 1.68 bits per heavy atom. The van der Waals surface area contributed by atoms with Crippen LogP contribution in [0.1, 0.15) is 50.7 Å². The Kier molecular flexibility index (Phi) is 9.11. The van der Waals surface area contributed by atoms with Crippen molar-refractivity contribution in [3.05, 3.63) is 44.1 Å². The van der Waals surface area contributed by atoms with Crippen LogP contribution < -0.4 is 11.2 Å². The number of nitrogens with zero attached hydrogens (tertiary/aromatic N) is 3. The number of aromatic nitrogens is 4. The van der Waals surface area contributed by atoms with Crippen LogP contribution in [0.15, 0.2) is 21.7 Å². The molecule has 200 valence electrons. The predicted octanol–water partition coefficient (Wildman–Crippen LogP) is 0.978. The van der Waals surface area contributed by atoms with E-state index in [4.69, 9.17) is 9.47 Å². The molecule has 0 aliphatic carbocycles. The predicted molar refractivity (Wildman–Crippen MR) is 133 cm³/mol. The van der Waals surface area contributed by atoms with Crippen LogP contribution in [0.3, 0.4) is 0 Å². The van der Waals surface area contributed by atoms with Gasteiger partial charge in [-0.25, -0.2) is 9.78 Å². The first-order valence-corrected chi connectivity index (χ1v) is 12.2. The number of esters is 2. The molecular formula is C25H32N4O8. The summed E-state index contributed by atoms with van der Waals surface area (Å²) >= 11 is 0. The van der Waals surface area contributed by atoms with Gasteiger partial charge in [0.05, 0.1) is 17.6 Å². The molecule has 0 saturated carbocycles. The molecule has 0 fully saturated rings. The second-order valence-corrected chi connectivity index (χ2v) is 8.96. The Balaban J connectivity index is 2.01. The van der Waals surface area contributed by atoms with Gasteiger partial charge >= 0.3 is 17.6 Å². The number of aliphatic hydroxyl groups is 2. The van der Waals surface area contributed by atoms with Crippen LogP contribution in [-0.4, -0.2) is 66.6 Å². The Bertz CT molecular complexity index is 1370. The zero-order valence-corrected chi connectivity index (χ0v) is 21.3. The second-order valence-electron chi connectivity index (χ2n) is 8.96. The van der Waals surface area contributed by atoms with Crippen molar-refractivity contribution in [3.63, 3.8) is 0 Å². The number of ether oxygens (including phenoxy) is 2. The number of hydrogen-bond donors (Lipinski definition) is 3. The van der Waals surface area contributed by atoms with Crippen LogP contribution >= 0.6 is 0 Å². The lowest BCUT2D eigenvalue weighted by molar-refractivity contribution is -0.172. The number of aryl methyl sites for hydroxylation is 2. The minimum atomic E-state index is -1.67. The maximum Gasteiger partial charge on any atom is 0.349 e. The van der Waals surface area contributed by atoms with Crippen molar-refractivity contribution in [2.45, 2.75) is 78.2 Å². The molecule has 3 atom stereocenters. The third-order valence-electron chi connectivity index (χ3n) is 5.97. The fourth-order valence-electron chi connectivity index (χ4n) is 3.86. The van der Waals surface area contributed by atoms with Gasteiger partial charge in [0.15, 0.2) is 17.6 Å². The van der Waals surface area contributed by atoms with E-state index in [1.165, 1.54) is 4.57 Å². The minimum absolute atomic E-state index is 0.0776. The SMILES string of the molecule is CCCC(=O)OC[C@H](OC(=O)CCC)[C@H](O)[C@H](O)Cn1c2nc(=O)[nH]c(=O)c-2nc2cc(C)c(C)cc21. The summed E-state index contributed by atoms with van der Waals surface area (Å²) in [6.07, 6.45) is -3.30. The Labute approximate surface area is 212 Å². The van der Waals surface area contributed by atoms with Gasteiger partial charge in [0, 0.05) is 12.8 Å². The van der Waals surface area contributed by atoms with Crippen LogP contribution in [-0.2, 0) is 25.6 Å². The molecule has 3 N–H and O–H groups in total. The van der Waals surface area contributed by atoms with Crippen molar-refractivity contribution in [2.24, 2.45) is 0 Å². The molecule has 0 spiro atoms. The lowest BCUT2D eigenvalue weighted by Gasteiger charge is -2.28. The highest BCUT2D eigenvalue weighted by Crippen LogP contribution is 2.25. The number of H-pyrrole nitrogens is 1. The van der Waals surface area contributed by atoms with Gasteiger partial charge in [-0.3, -0.25) is 19.4 Å². The molecule has 1 aromatic carbocycles. The molecule has 2 aliphatic rings. The average molecular weight is 517 g/mol. The van der Waals surface area contributed by atoms with Gasteiger partial charge in [0.1, 0.15) is 18.8 Å². The number of fused-ring (bicyclic) bond motifs is 2. The van der Waals surface area contributed by atoms with E-state index in [1.54, 1.807) is 26.0 Å². The average Bonchev–Trinajstić information content (AvgIpc) is 2.83. The number of carbonyl (C=O) groups excluding carboxylic acids is 2. The molecule has 37 heavy (non-hydrogen) atoms. The molecule has 0 aromatic heterocycles. The zero-order chi connectivity index (χ0) is 27.3. The zero-order valence-electron chi connectivity index (χ0n) is 21.3. The summed E-state index contributed by atoms with van der Waals surface area (Å²) < 4.78 is 11.9. The van der Waals surface area contributed by atoms with Crippen LogP contribution in [0, 0.1) is 13.8 Å². The number of aliphatic hydroxyl groups excluding tert-OH is 2. The third kappa shape index (κ3) is 6.57. The first kappa shape index (κ1) is 27.9. The van der Waals surface area contributed by atoms with E-state index in [-0.39, 0.29) is 30.9 Å². The van der Waals surface area contributed by atoms with E-state index < -0.39 is 48.1 Å². The monoisotopic (exact) mass is 516 g/mol. The van der Waals surface area contributed by atoms with E-state index in [1.807, 2.05) is 13.8 Å². The molecule has 2 aliphatic heterocycles. The molecule has 12 nitrogen and oxygen atoms in total. The van der Waals surface area contributed by atoms with Gasteiger partial charge in [-0.2, -0.15) is 4.98 Å². The highest BCUT2D eigenvalue weighted by Gasteiger charge is 2.32. The van der Waals surface area contributed by atoms with Crippen molar-refractivity contribution in [2.75, 3.05) is 6.61 Å². The van der Waals surface area contributed by atoms with Crippen molar-refractivity contribution < 1.29 is 29.3 Å². The number of aromatic amines is 1.